The van der Waals surface area contributed by atoms with Gasteiger partial charge < -0.3 is 10.0 Å². The van der Waals surface area contributed by atoms with Gasteiger partial charge >= 0.3 is 6.18 Å². The van der Waals surface area contributed by atoms with E-state index in [-0.39, 0.29) is 6.54 Å². The third-order valence-electron chi connectivity index (χ3n) is 2.00. The second kappa shape index (κ2) is 5.01. The van der Waals surface area contributed by atoms with Crippen LogP contribution in [0.25, 0.3) is 0 Å². The summed E-state index contributed by atoms with van der Waals surface area (Å²) in [5, 5.41) is 11.4. The predicted molar refractivity (Wildman–Crippen MR) is 56.7 cm³/mol. The van der Waals surface area contributed by atoms with Crippen LogP contribution in [0.1, 0.15) is 25.1 Å². The minimum absolute atomic E-state index is 0.129. The quantitative estimate of drug-likeness (QED) is 0.897. The summed E-state index contributed by atoms with van der Waals surface area (Å²) in [6.45, 7) is 1.44. The van der Waals surface area contributed by atoms with Gasteiger partial charge in [-0.05, 0) is 6.92 Å². The number of anilines is 1. The van der Waals surface area contributed by atoms with Gasteiger partial charge in [-0.25, -0.2) is 4.98 Å². The highest BCUT2D eigenvalue weighted by atomic mass is 32.1. The normalized spacial score (nSPS) is 13.9. The summed E-state index contributed by atoms with van der Waals surface area (Å²) in [4.78, 5) is 5.47. The first-order valence-corrected chi connectivity index (χ1v) is 5.59. The summed E-state index contributed by atoms with van der Waals surface area (Å²) >= 11 is 1.22. The number of aliphatic hydroxyl groups excluding tert-OH is 1. The van der Waals surface area contributed by atoms with E-state index in [1.807, 2.05) is 0 Å². The van der Waals surface area contributed by atoms with E-state index in [9.17, 15) is 18.3 Å². The van der Waals surface area contributed by atoms with Crippen molar-refractivity contribution in [2.45, 2.75) is 25.6 Å². The van der Waals surface area contributed by atoms with Crippen molar-refractivity contribution in [1.82, 2.24) is 4.98 Å². The Morgan fingerprint density at radius 3 is 2.62 bits per heavy atom. The van der Waals surface area contributed by atoms with Crippen molar-refractivity contribution in [1.29, 1.82) is 0 Å². The van der Waals surface area contributed by atoms with Crippen molar-refractivity contribution in [3.8, 4) is 0 Å². The van der Waals surface area contributed by atoms with E-state index < -0.39 is 18.7 Å². The first-order chi connectivity index (χ1) is 7.29. The van der Waals surface area contributed by atoms with Crippen LogP contribution in [-0.2, 0) is 0 Å². The summed E-state index contributed by atoms with van der Waals surface area (Å²) in [6, 6.07) is 0. The molecule has 0 aliphatic heterocycles. The highest BCUT2D eigenvalue weighted by Crippen LogP contribution is 2.25. The molecule has 7 heteroatoms. The molecule has 1 atom stereocenters. The van der Waals surface area contributed by atoms with E-state index in [4.69, 9.17) is 0 Å². The van der Waals surface area contributed by atoms with Crippen LogP contribution < -0.4 is 4.90 Å². The number of alkyl halides is 3. The number of aliphatic hydroxyl groups is 1. The van der Waals surface area contributed by atoms with Crippen molar-refractivity contribution in [3.05, 3.63) is 11.1 Å². The van der Waals surface area contributed by atoms with Crippen molar-refractivity contribution < 1.29 is 18.3 Å². The van der Waals surface area contributed by atoms with E-state index in [0.717, 1.165) is 0 Å². The molecule has 0 aliphatic rings. The van der Waals surface area contributed by atoms with Crippen LogP contribution in [0.5, 0.6) is 0 Å². The van der Waals surface area contributed by atoms with Gasteiger partial charge in [-0.15, -0.1) is 11.3 Å². The van der Waals surface area contributed by atoms with Gasteiger partial charge in [-0.1, -0.05) is 0 Å². The zero-order valence-electron chi connectivity index (χ0n) is 8.95. The first kappa shape index (κ1) is 13.2. The van der Waals surface area contributed by atoms with E-state index in [1.165, 1.54) is 16.2 Å². The van der Waals surface area contributed by atoms with Crippen LogP contribution in [0.3, 0.4) is 0 Å². The lowest BCUT2D eigenvalue weighted by molar-refractivity contribution is -0.132. The molecule has 1 rings (SSSR count). The van der Waals surface area contributed by atoms with Gasteiger partial charge in [0.05, 0.1) is 18.2 Å². The van der Waals surface area contributed by atoms with Crippen LogP contribution in [0.4, 0.5) is 18.3 Å². The zero-order valence-corrected chi connectivity index (χ0v) is 9.77. The van der Waals surface area contributed by atoms with E-state index >= 15 is 0 Å². The fourth-order valence-corrected chi connectivity index (χ4v) is 1.94. The molecule has 0 fully saturated rings. The van der Waals surface area contributed by atoms with Crippen molar-refractivity contribution in [3.63, 3.8) is 0 Å². The molecule has 0 saturated carbocycles. The van der Waals surface area contributed by atoms with Gasteiger partial charge in [0.2, 0.25) is 0 Å². The van der Waals surface area contributed by atoms with Gasteiger partial charge in [0.15, 0.2) is 5.13 Å². The number of thiazole rings is 1. The molecule has 1 aromatic rings. The molecule has 1 N–H and O–H groups in total. The maximum absolute atomic E-state index is 12.0. The van der Waals surface area contributed by atoms with E-state index in [0.29, 0.717) is 10.8 Å². The number of aromatic nitrogens is 1. The van der Waals surface area contributed by atoms with Crippen LogP contribution in [0.2, 0.25) is 0 Å². The van der Waals surface area contributed by atoms with Crippen LogP contribution in [0.15, 0.2) is 5.38 Å². The summed E-state index contributed by atoms with van der Waals surface area (Å²) in [6.07, 6.45) is -5.72. The molecular formula is C9H13F3N2OS. The number of rotatable bonds is 4. The lowest BCUT2D eigenvalue weighted by Crippen LogP contribution is -2.23. The SMILES string of the molecule is CC(O)c1csc(N(C)CCC(F)(F)F)n1. The highest BCUT2D eigenvalue weighted by Gasteiger charge is 2.27. The minimum atomic E-state index is -4.15. The van der Waals surface area contributed by atoms with Gasteiger partial charge in [-0.2, -0.15) is 13.2 Å². The molecule has 0 radical (unpaired) electrons. The van der Waals surface area contributed by atoms with Crippen molar-refractivity contribution >= 4 is 16.5 Å². The van der Waals surface area contributed by atoms with Gasteiger partial charge in [0.1, 0.15) is 0 Å². The molecule has 16 heavy (non-hydrogen) atoms. The lowest BCUT2D eigenvalue weighted by atomic mass is 10.3. The second-order valence-electron chi connectivity index (χ2n) is 3.52. The average Bonchev–Trinajstić information content (AvgIpc) is 2.61. The zero-order chi connectivity index (χ0) is 12.3. The number of hydrogen-bond donors (Lipinski definition) is 1. The Kier molecular flexibility index (Phi) is 4.15. The maximum atomic E-state index is 12.0. The fraction of sp³-hybridized carbons (Fsp3) is 0.667. The third kappa shape index (κ3) is 3.97. The number of nitrogens with zero attached hydrogens (tertiary/aromatic N) is 2. The first-order valence-electron chi connectivity index (χ1n) is 4.71. The average molecular weight is 254 g/mol. The summed E-state index contributed by atoms with van der Waals surface area (Å²) in [5.74, 6) is 0. The molecule has 1 unspecified atom stereocenters. The predicted octanol–water partition coefficient (Wildman–Crippen LogP) is 2.59. The monoisotopic (exact) mass is 254 g/mol. The Hall–Kier alpha value is -0.820. The summed E-state index contributed by atoms with van der Waals surface area (Å²) in [5.41, 5.74) is 0.485. The molecule has 0 saturated heterocycles. The standard InChI is InChI=1S/C9H13F3N2OS/c1-6(15)7-5-16-8(13-7)14(2)4-3-9(10,11)12/h5-6,15H,3-4H2,1-2H3. The molecular weight excluding hydrogens is 241 g/mol. The van der Waals surface area contributed by atoms with Crippen LogP contribution in [-0.4, -0.2) is 29.9 Å². The molecule has 0 amide bonds. The minimum Gasteiger partial charge on any atom is -0.387 e. The topological polar surface area (TPSA) is 36.4 Å². The molecule has 0 aliphatic carbocycles. The Morgan fingerprint density at radius 1 is 1.56 bits per heavy atom. The van der Waals surface area contributed by atoms with E-state index in [2.05, 4.69) is 4.98 Å². The summed E-state index contributed by atoms with van der Waals surface area (Å²) < 4.78 is 35.9. The molecule has 0 spiro atoms. The highest BCUT2D eigenvalue weighted by molar-refractivity contribution is 7.13. The molecule has 1 heterocycles. The Bertz CT molecular complexity index is 338. The Balaban J connectivity index is 2.56. The molecule has 1 aromatic heterocycles. The fourth-order valence-electron chi connectivity index (χ4n) is 1.03. The second-order valence-corrected chi connectivity index (χ2v) is 4.35. The van der Waals surface area contributed by atoms with Gasteiger partial charge in [-0.3, -0.25) is 0 Å². The molecule has 0 bridgehead atoms. The maximum Gasteiger partial charge on any atom is 0.390 e. The van der Waals surface area contributed by atoms with Gasteiger partial charge in [0, 0.05) is 19.0 Å². The largest absolute Gasteiger partial charge is 0.390 e. The van der Waals surface area contributed by atoms with Crippen LogP contribution in [0, 0.1) is 0 Å². The van der Waals surface area contributed by atoms with Crippen molar-refractivity contribution in [2.75, 3.05) is 18.5 Å². The molecule has 3 nitrogen and oxygen atoms in total. The Labute approximate surface area is 95.5 Å². The van der Waals surface area contributed by atoms with Crippen LogP contribution >= 0.6 is 11.3 Å². The molecule has 0 aromatic carbocycles. The number of halogens is 3. The van der Waals surface area contributed by atoms with Gasteiger partial charge in [0.25, 0.3) is 0 Å². The van der Waals surface area contributed by atoms with Crippen molar-refractivity contribution in [2.24, 2.45) is 0 Å². The van der Waals surface area contributed by atoms with E-state index in [1.54, 1.807) is 19.4 Å². The molecule has 92 valence electrons. The Morgan fingerprint density at radius 2 is 2.19 bits per heavy atom. The lowest BCUT2D eigenvalue weighted by Gasteiger charge is -2.16. The smallest absolute Gasteiger partial charge is 0.387 e. The summed E-state index contributed by atoms with van der Waals surface area (Å²) in [7, 11) is 1.55. The third-order valence-corrected chi connectivity index (χ3v) is 2.97. The number of hydrogen-bond acceptors (Lipinski definition) is 4.